The van der Waals surface area contributed by atoms with Crippen molar-refractivity contribution >= 4 is 5.91 Å². The van der Waals surface area contributed by atoms with E-state index in [9.17, 15) is 4.79 Å². The molecular formula is C12H21NO. The fourth-order valence-electron chi connectivity index (χ4n) is 1.95. The van der Waals surface area contributed by atoms with E-state index in [4.69, 9.17) is 0 Å². The first-order valence-corrected chi connectivity index (χ1v) is 5.73. The van der Waals surface area contributed by atoms with Crippen molar-refractivity contribution in [1.29, 1.82) is 0 Å². The zero-order valence-electron chi connectivity index (χ0n) is 8.93. The van der Waals surface area contributed by atoms with Crippen LogP contribution in [0.15, 0.2) is 12.7 Å². The molecule has 0 spiro atoms. The highest BCUT2D eigenvalue weighted by molar-refractivity contribution is 5.76. The van der Waals surface area contributed by atoms with Crippen LogP contribution in [0.1, 0.15) is 51.4 Å². The Bertz CT molecular complexity index is 183. The van der Waals surface area contributed by atoms with Gasteiger partial charge in [0.25, 0.3) is 0 Å². The van der Waals surface area contributed by atoms with E-state index in [0.717, 1.165) is 12.8 Å². The number of nitrogens with one attached hydrogen (secondary N) is 1. The van der Waals surface area contributed by atoms with Crippen LogP contribution in [0.5, 0.6) is 0 Å². The first kappa shape index (κ1) is 11.3. The van der Waals surface area contributed by atoms with Crippen molar-refractivity contribution in [3.8, 4) is 0 Å². The van der Waals surface area contributed by atoms with Crippen molar-refractivity contribution in [3.63, 3.8) is 0 Å². The molecule has 2 nitrogen and oxygen atoms in total. The van der Waals surface area contributed by atoms with Crippen LogP contribution in [-0.4, -0.2) is 11.9 Å². The number of hydrogen-bond acceptors (Lipinski definition) is 1. The van der Waals surface area contributed by atoms with Gasteiger partial charge in [-0.1, -0.05) is 25.3 Å². The maximum Gasteiger partial charge on any atom is 0.220 e. The van der Waals surface area contributed by atoms with Gasteiger partial charge in [-0.15, -0.1) is 6.58 Å². The fourth-order valence-corrected chi connectivity index (χ4v) is 1.95. The lowest BCUT2D eigenvalue weighted by atomic mass is 9.95. The zero-order valence-corrected chi connectivity index (χ0v) is 8.93. The van der Waals surface area contributed by atoms with Crippen LogP contribution in [0.25, 0.3) is 0 Å². The van der Waals surface area contributed by atoms with Gasteiger partial charge in [-0.2, -0.15) is 0 Å². The monoisotopic (exact) mass is 195 g/mol. The van der Waals surface area contributed by atoms with Crippen molar-refractivity contribution in [2.75, 3.05) is 0 Å². The minimum Gasteiger partial charge on any atom is -0.353 e. The molecule has 1 N–H and O–H groups in total. The lowest BCUT2D eigenvalue weighted by molar-refractivity contribution is -0.122. The molecular weight excluding hydrogens is 174 g/mol. The third-order valence-electron chi connectivity index (χ3n) is 2.78. The Kier molecular flexibility index (Phi) is 5.35. The molecule has 1 aliphatic carbocycles. The average Bonchev–Trinajstić information content (AvgIpc) is 2.20. The predicted octanol–water partition coefficient (Wildman–Crippen LogP) is 2.79. The van der Waals surface area contributed by atoms with Crippen LogP contribution in [0.3, 0.4) is 0 Å². The predicted molar refractivity (Wildman–Crippen MR) is 59.1 cm³/mol. The summed E-state index contributed by atoms with van der Waals surface area (Å²) in [4.78, 5) is 11.4. The largest absolute Gasteiger partial charge is 0.353 e. The first-order chi connectivity index (χ1) is 6.83. The van der Waals surface area contributed by atoms with Crippen LogP contribution in [-0.2, 0) is 4.79 Å². The maximum absolute atomic E-state index is 11.4. The number of hydrogen-bond donors (Lipinski definition) is 1. The lowest BCUT2D eigenvalue weighted by Gasteiger charge is -2.22. The first-order valence-electron chi connectivity index (χ1n) is 5.73. The van der Waals surface area contributed by atoms with Gasteiger partial charge in [0, 0.05) is 12.5 Å². The van der Waals surface area contributed by atoms with Crippen LogP contribution in [0.2, 0.25) is 0 Å². The summed E-state index contributed by atoms with van der Waals surface area (Å²) in [7, 11) is 0. The molecule has 0 aromatic heterocycles. The normalized spacial score (nSPS) is 17.7. The highest BCUT2D eigenvalue weighted by Crippen LogP contribution is 2.17. The number of rotatable bonds is 5. The van der Waals surface area contributed by atoms with Gasteiger partial charge in [0.1, 0.15) is 0 Å². The van der Waals surface area contributed by atoms with Gasteiger partial charge < -0.3 is 5.32 Å². The van der Waals surface area contributed by atoms with E-state index >= 15 is 0 Å². The average molecular weight is 195 g/mol. The molecule has 80 valence electrons. The number of allylic oxidation sites excluding steroid dienone is 1. The zero-order chi connectivity index (χ0) is 10.2. The number of carbonyl (C=O) groups excluding carboxylic acids is 1. The van der Waals surface area contributed by atoms with Gasteiger partial charge >= 0.3 is 0 Å². The van der Waals surface area contributed by atoms with E-state index in [-0.39, 0.29) is 5.91 Å². The third kappa shape index (κ3) is 4.45. The molecule has 0 aromatic carbocycles. The minimum atomic E-state index is 0.221. The molecule has 1 amide bonds. The number of carbonyl (C=O) groups is 1. The summed E-state index contributed by atoms with van der Waals surface area (Å²) < 4.78 is 0. The van der Waals surface area contributed by atoms with Crippen LogP contribution < -0.4 is 5.32 Å². The highest BCUT2D eigenvalue weighted by atomic mass is 16.1. The molecule has 0 saturated heterocycles. The summed E-state index contributed by atoms with van der Waals surface area (Å²) >= 11 is 0. The van der Waals surface area contributed by atoms with Crippen LogP contribution in [0.4, 0.5) is 0 Å². The topological polar surface area (TPSA) is 29.1 Å². The van der Waals surface area contributed by atoms with Crippen molar-refractivity contribution in [3.05, 3.63) is 12.7 Å². The van der Waals surface area contributed by atoms with Crippen molar-refractivity contribution < 1.29 is 4.79 Å². The summed E-state index contributed by atoms with van der Waals surface area (Å²) in [5, 5.41) is 3.10. The van der Waals surface area contributed by atoms with E-state index < -0.39 is 0 Å². The summed E-state index contributed by atoms with van der Waals surface area (Å²) in [5.74, 6) is 0.221. The Hall–Kier alpha value is -0.790. The maximum atomic E-state index is 11.4. The van der Waals surface area contributed by atoms with E-state index in [1.54, 1.807) is 0 Å². The molecule has 0 heterocycles. The van der Waals surface area contributed by atoms with Crippen LogP contribution >= 0.6 is 0 Å². The molecule has 2 heteroatoms. The highest BCUT2D eigenvalue weighted by Gasteiger charge is 2.14. The van der Waals surface area contributed by atoms with Crippen molar-refractivity contribution in [2.24, 2.45) is 0 Å². The quantitative estimate of drug-likeness (QED) is 0.530. The van der Waals surface area contributed by atoms with Gasteiger partial charge in [0.05, 0.1) is 0 Å². The SMILES string of the molecule is C=CCCCC(=O)NC1CCCCC1. The Morgan fingerprint density at radius 2 is 2.07 bits per heavy atom. The smallest absolute Gasteiger partial charge is 0.220 e. The molecule has 14 heavy (non-hydrogen) atoms. The summed E-state index contributed by atoms with van der Waals surface area (Å²) in [5.41, 5.74) is 0. The van der Waals surface area contributed by atoms with Gasteiger partial charge in [-0.25, -0.2) is 0 Å². The molecule has 0 aromatic rings. The lowest BCUT2D eigenvalue weighted by Crippen LogP contribution is -2.35. The summed E-state index contributed by atoms with van der Waals surface area (Å²) in [6.07, 6.45) is 10.6. The van der Waals surface area contributed by atoms with Gasteiger partial charge in [0.15, 0.2) is 0 Å². The molecule has 0 atom stereocenters. The molecule has 1 saturated carbocycles. The Labute approximate surface area is 86.8 Å². The second-order valence-corrected chi connectivity index (χ2v) is 4.08. The minimum absolute atomic E-state index is 0.221. The molecule has 0 radical (unpaired) electrons. The second kappa shape index (κ2) is 6.63. The molecule has 1 rings (SSSR count). The number of unbranched alkanes of at least 4 members (excludes halogenated alkanes) is 1. The van der Waals surface area contributed by atoms with E-state index in [1.165, 1.54) is 32.1 Å². The van der Waals surface area contributed by atoms with Crippen LogP contribution in [0, 0.1) is 0 Å². The Morgan fingerprint density at radius 1 is 1.36 bits per heavy atom. The van der Waals surface area contributed by atoms with Crippen molar-refractivity contribution in [2.45, 2.75) is 57.4 Å². The van der Waals surface area contributed by atoms with Gasteiger partial charge in [0.2, 0.25) is 5.91 Å². The Morgan fingerprint density at radius 3 is 2.71 bits per heavy atom. The summed E-state index contributed by atoms with van der Waals surface area (Å²) in [6.45, 7) is 3.64. The van der Waals surface area contributed by atoms with E-state index in [2.05, 4.69) is 11.9 Å². The van der Waals surface area contributed by atoms with E-state index in [0.29, 0.717) is 12.5 Å². The molecule has 1 fully saturated rings. The molecule has 0 unspecified atom stereocenters. The fraction of sp³-hybridized carbons (Fsp3) is 0.750. The Balaban J connectivity index is 2.09. The molecule has 1 aliphatic rings. The van der Waals surface area contributed by atoms with Gasteiger partial charge in [-0.05, 0) is 25.7 Å². The summed E-state index contributed by atoms with van der Waals surface area (Å²) in [6, 6.07) is 0.458. The molecule has 0 bridgehead atoms. The second-order valence-electron chi connectivity index (χ2n) is 4.08. The number of amides is 1. The van der Waals surface area contributed by atoms with E-state index in [1.807, 2.05) is 6.08 Å². The molecule has 0 aliphatic heterocycles. The standard InChI is InChI=1S/C12H21NO/c1-2-3-5-10-12(14)13-11-8-6-4-7-9-11/h2,11H,1,3-10H2,(H,13,14). The van der Waals surface area contributed by atoms with Crippen molar-refractivity contribution in [1.82, 2.24) is 5.32 Å². The third-order valence-corrected chi connectivity index (χ3v) is 2.78. The van der Waals surface area contributed by atoms with Gasteiger partial charge in [-0.3, -0.25) is 4.79 Å².